The molecule has 1 aliphatic rings. The molecule has 0 saturated heterocycles. The number of aryl methyl sites for hydroxylation is 1. The van der Waals surface area contributed by atoms with Gasteiger partial charge in [0, 0.05) is 17.0 Å². The number of furan rings is 1. The third kappa shape index (κ3) is 4.61. The summed E-state index contributed by atoms with van der Waals surface area (Å²) >= 11 is 0. The number of ether oxygens (including phenoxy) is 1. The van der Waals surface area contributed by atoms with Gasteiger partial charge in [0.25, 0.3) is 11.8 Å². The van der Waals surface area contributed by atoms with E-state index in [1.165, 1.54) is 18.2 Å². The van der Waals surface area contributed by atoms with Crippen LogP contribution in [0.5, 0.6) is 0 Å². The van der Waals surface area contributed by atoms with Crippen LogP contribution in [-0.2, 0) is 17.8 Å². The second-order valence-electron chi connectivity index (χ2n) is 8.89. The number of benzene rings is 2. The summed E-state index contributed by atoms with van der Waals surface area (Å²) in [4.78, 5) is 52.4. The third-order valence-electron chi connectivity index (χ3n) is 6.49. The van der Waals surface area contributed by atoms with E-state index in [-0.39, 0.29) is 29.0 Å². The molecule has 186 valence electrons. The van der Waals surface area contributed by atoms with Crippen molar-refractivity contribution in [3.63, 3.8) is 0 Å². The van der Waals surface area contributed by atoms with Crippen LogP contribution in [0.1, 0.15) is 64.1 Å². The summed E-state index contributed by atoms with van der Waals surface area (Å²) in [6.07, 6.45) is 1.60. The standard InChI is InChI=1S/C29H24N2O6/c1-18-13-24(19(2)30(18)16-22-9-6-12-36-22)26(32)17-37-29(35)21-10-11-23-25(14-21)28(34)31(27(23)33)15-20-7-4-3-5-8-20/h3-14H,15-17H2,1-2H3. The molecule has 4 aromatic rings. The molecule has 0 spiro atoms. The Morgan fingerprint density at radius 2 is 1.62 bits per heavy atom. The zero-order valence-electron chi connectivity index (χ0n) is 20.4. The minimum absolute atomic E-state index is 0.0950. The van der Waals surface area contributed by atoms with E-state index in [4.69, 9.17) is 9.15 Å². The summed E-state index contributed by atoms with van der Waals surface area (Å²) in [7, 11) is 0. The highest BCUT2D eigenvalue weighted by atomic mass is 16.5. The molecular weight excluding hydrogens is 472 g/mol. The summed E-state index contributed by atoms with van der Waals surface area (Å²) < 4.78 is 12.6. The first kappa shape index (κ1) is 24.0. The zero-order valence-corrected chi connectivity index (χ0v) is 20.4. The van der Waals surface area contributed by atoms with E-state index in [9.17, 15) is 19.2 Å². The summed E-state index contributed by atoms with van der Waals surface area (Å²) in [6.45, 7) is 3.90. The number of Topliss-reactive ketones (excluding diaryl/α,β-unsaturated/α-hetero) is 1. The van der Waals surface area contributed by atoms with Gasteiger partial charge in [0.2, 0.25) is 5.78 Å². The van der Waals surface area contributed by atoms with Crippen LogP contribution >= 0.6 is 0 Å². The lowest BCUT2D eigenvalue weighted by molar-refractivity contribution is 0.0474. The van der Waals surface area contributed by atoms with E-state index in [1.807, 2.05) is 54.8 Å². The van der Waals surface area contributed by atoms with Gasteiger partial charge in [-0.15, -0.1) is 0 Å². The van der Waals surface area contributed by atoms with Gasteiger partial charge in [-0.2, -0.15) is 0 Å². The van der Waals surface area contributed by atoms with E-state index >= 15 is 0 Å². The normalized spacial score (nSPS) is 12.6. The number of carbonyl (C=O) groups excluding carboxylic acids is 4. The molecule has 2 aromatic carbocycles. The first-order valence-electron chi connectivity index (χ1n) is 11.8. The number of hydrogen-bond acceptors (Lipinski definition) is 6. The average molecular weight is 497 g/mol. The molecule has 37 heavy (non-hydrogen) atoms. The Labute approximate surface area is 213 Å². The molecule has 1 aliphatic heterocycles. The molecule has 0 saturated carbocycles. The number of imide groups is 1. The Bertz CT molecular complexity index is 1520. The third-order valence-corrected chi connectivity index (χ3v) is 6.49. The number of carbonyl (C=O) groups is 4. The maximum absolute atomic E-state index is 12.9. The molecule has 2 amide bonds. The van der Waals surface area contributed by atoms with Crippen molar-refractivity contribution in [3.8, 4) is 0 Å². The van der Waals surface area contributed by atoms with Crippen molar-refractivity contribution in [1.82, 2.24) is 9.47 Å². The van der Waals surface area contributed by atoms with Crippen LogP contribution in [0.3, 0.4) is 0 Å². The number of nitrogens with zero attached hydrogens (tertiary/aromatic N) is 2. The quantitative estimate of drug-likeness (QED) is 0.201. The van der Waals surface area contributed by atoms with Crippen molar-refractivity contribution in [2.45, 2.75) is 26.9 Å². The van der Waals surface area contributed by atoms with Crippen LogP contribution in [0, 0.1) is 13.8 Å². The van der Waals surface area contributed by atoms with Crippen molar-refractivity contribution in [1.29, 1.82) is 0 Å². The molecule has 0 aliphatic carbocycles. The topological polar surface area (TPSA) is 98.8 Å². The minimum Gasteiger partial charge on any atom is -0.467 e. The van der Waals surface area contributed by atoms with E-state index in [0.717, 1.165) is 27.6 Å². The Kier molecular flexibility index (Phi) is 6.31. The van der Waals surface area contributed by atoms with E-state index < -0.39 is 24.4 Å². The molecule has 0 N–H and O–H groups in total. The maximum Gasteiger partial charge on any atom is 0.338 e. The van der Waals surface area contributed by atoms with Gasteiger partial charge in [-0.25, -0.2) is 4.79 Å². The van der Waals surface area contributed by atoms with Gasteiger partial charge in [0.05, 0.1) is 36.0 Å². The Hall–Kier alpha value is -4.72. The van der Waals surface area contributed by atoms with Gasteiger partial charge >= 0.3 is 5.97 Å². The number of fused-ring (bicyclic) bond motifs is 1. The lowest BCUT2D eigenvalue weighted by atomic mass is 10.1. The van der Waals surface area contributed by atoms with Crippen LogP contribution in [0.4, 0.5) is 0 Å². The summed E-state index contributed by atoms with van der Waals surface area (Å²) in [5, 5.41) is 0. The van der Waals surface area contributed by atoms with Gasteiger partial charge < -0.3 is 13.7 Å². The molecule has 0 fully saturated rings. The Balaban J connectivity index is 1.26. The fourth-order valence-corrected chi connectivity index (χ4v) is 4.50. The van der Waals surface area contributed by atoms with Crippen LogP contribution in [-0.4, -0.2) is 39.6 Å². The zero-order chi connectivity index (χ0) is 26.1. The summed E-state index contributed by atoms with van der Waals surface area (Å²) in [5.41, 5.74) is 3.38. The Morgan fingerprint density at radius 1 is 0.865 bits per heavy atom. The SMILES string of the molecule is Cc1cc(C(=O)COC(=O)c2ccc3c(c2)C(=O)N(Cc2ccccc2)C3=O)c(C)n1Cc1ccco1. The summed E-state index contributed by atoms with van der Waals surface area (Å²) in [5.74, 6) is -1.21. The van der Waals surface area contributed by atoms with Crippen molar-refractivity contribution in [2.75, 3.05) is 6.61 Å². The van der Waals surface area contributed by atoms with Gasteiger partial charge in [0.1, 0.15) is 5.76 Å². The van der Waals surface area contributed by atoms with E-state index in [1.54, 1.807) is 18.4 Å². The largest absolute Gasteiger partial charge is 0.467 e. The van der Waals surface area contributed by atoms with Crippen molar-refractivity contribution in [3.05, 3.63) is 118 Å². The van der Waals surface area contributed by atoms with Crippen molar-refractivity contribution in [2.24, 2.45) is 0 Å². The molecule has 5 rings (SSSR count). The van der Waals surface area contributed by atoms with E-state index in [2.05, 4.69) is 0 Å². The van der Waals surface area contributed by atoms with Gasteiger partial charge in [-0.3, -0.25) is 19.3 Å². The Morgan fingerprint density at radius 3 is 2.35 bits per heavy atom. The molecule has 0 radical (unpaired) electrons. The van der Waals surface area contributed by atoms with Crippen LogP contribution in [0.25, 0.3) is 0 Å². The minimum atomic E-state index is -0.748. The van der Waals surface area contributed by atoms with Gasteiger partial charge in [0.15, 0.2) is 6.61 Å². The monoisotopic (exact) mass is 496 g/mol. The fourth-order valence-electron chi connectivity index (χ4n) is 4.50. The lowest BCUT2D eigenvalue weighted by Crippen LogP contribution is -2.29. The molecule has 2 aromatic heterocycles. The highest BCUT2D eigenvalue weighted by Crippen LogP contribution is 2.26. The van der Waals surface area contributed by atoms with Gasteiger partial charge in [-0.05, 0) is 55.8 Å². The van der Waals surface area contributed by atoms with Gasteiger partial charge in [-0.1, -0.05) is 30.3 Å². The number of amides is 2. The molecule has 8 nitrogen and oxygen atoms in total. The molecule has 0 unspecified atom stereocenters. The first-order valence-corrected chi connectivity index (χ1v) is 11.8. The van der Waals surface area contributed by atoms with E-state index in [0.29, 0.717) is 12.1 Å². The molecule has 0 bridgehead atoms. The predicted molar refractivity (Wildman–Crippen MR) is 133 cm³/mol. The van der Waals surface area contributed by atoms with Crippen LogP contribution < -0.4 is 0 Å². The first-order chi connectivity index (χ1) is 17.8. The number of esters is 1. The fraction of sp³-hybridized carbons (Fsp3) is 0.172. The predicted octanol–water partition coefficient (Wildman–Crippen LogP) is 4.58. The van der Waals surface area contributed by atoms with Crippen LogP contribution in [0.2, 0.25) is 0 Å². The molecular formula is C29H24N2O6. The highest BCUT2D eigenvalue weighted by Gasteiger charge is 2.36. The average Bonchev–Trinajstić information content (AvgIpc) is 3.59. The molecule has 3 heterocycles. The van der Waals surface area contributed by atoms with Crippen molar-refractivity contribution >= 4 is 23.6 Å². The number of hydrogen-bond donors (Lipinski definition) is 0. The highest BCUT2D eigenvalue weighted by molar-refractivity contribution is 6.21. The number of rotatable bonds is 8. The molecule has 8 heteroatoms. The smallest absolute Gasteiger partial charge is 0.338 e. The van der Waals surface area contributed by atoms with Crippen molar-refractivity contribution < 1.29 is 28.3 Å². The molecule has 0 atom stereocenters. The van der Waals surface area contributed by atoms with Crippen LogP contribution in [0.15, 0.2) is 77.4 Å². The second kappa shape index (κ2) is 9.73. The lowest BCUT2D eigenvalue weighted by Gasteiger charge is -2.13. The second-order valence-corrected chi connectivity index (χ2v) is 8.89. The number of aromatic nitrogens is 1. The number of ketones is 1. The maximum atomic E-state index is 12.9. The summed E-state index contributed by atoms with van der Waals surface area (Å²) in [6, 6.07) is 18.8.